The first-order valence-electron chi connectivity index (χ1n) is 34.8. The molecule has 21 heteroatoms. The molecule has 8 aliphatic rings. The predicted octanol–water partition coefficient (Wildman–Crippen LogP) is 12.7. The number of nitrogens with zero attached hydrogens (tertiary/aromatic N) is 12. The van der Waals surface area contributed by atoms with E-state index < -0.39 is 11.2 Å². The smallest absolute Gasteiger partial charge is 0.410 e. The van der Waals surface area contributed by atoms with Crippen molar-refractivity contribution in [3.05, 3.63) is 119 Å². The molecular weight excluding hydrogens is 1280 g/mol. The molecule has 8 fully saturated rings. The third kappa shape index (κ3) is 17.0. The van der Waals surface area contributed by atoms with Gasteiger partial charge in [0, 0.05) is 123 Å². The first kappa shape index (κ1) is 68.7. The van der Waals surface area contributed by atoms with Crippen LogP contribution in [0.5, 0.6) is 0 Å². The van der Waals surface area contributed by atoms with Gasteiger partial charge in [-0.1, -0.05) is 54.5 Å². The molecule has 6 saturated heterocycles. The molecule has 4 bridgehead atoms. The lowest BCUT2D eigenvalue weighted by atomic mass is 9.82. The summed E-state index contributed by atoms with van der Waals surface area (Å²) in [6, 6.07) is 30.9. The number of hydrogen-bond donors (Lipinski definition) is 2. The van der Waals surface area contributed by atoms with E-state index in [2.05, 4.69) is 158 Å². The van der Waals surface area contributed by atoms with Gasteiger partial charge in [-0.05, 0) is 202 Å². The molecule has 2 aliphatic carbocycles. The zero-order valence-electron chi connectivity index (χ0n) is 57.6. The molecule has 20 nitrogen and oxygen atoms in total. The molecule has 6 aromatic rings. The molecule has 10 heterocycles. The lowest BCUT2D eigenvalue weighted by molar-refractivity contribution is -0.0853. The van der Waals surface area contributed by atoms with E-state index in [0.717, 1.165) is 135 Å². The van der Waals surface area contributed by atoms with E-state index >= 15 is 0 Å². The van der Waals surface area contributed by atoms with Crippen LogP contribution < -0.4 is 31.1 Å². The van der Waals surface area contributed by atoms with Crippen LogP contribution in [0.2, 0.25) is 0 Å². The van der Waals surface area contributed by atoms with E-state index in [4.69, 9.17) is 36.8 Å². The summed E-state index contributed by atoms with van der Waals surface area (Å²) in [5, 5.41) is 17.4. The number of likely N-dealkylation sites (tertiary alicyclic amines) is 2. The van der Waals surface area contributed by atoms with Crippen molar-refractivity contribution in [2.24, 2.45) is 11.8 Å². The van der Waals surface area contributed by atoms with Crippen LogP contribution in [-0.4, -0.2) is 164 Å². The van der Waals surface area contributed by atoms with Gasteiger partial charge in [0.25, 0.3) is 0 Å². The van der Waals surface area contributed by atoms with E-state index in [0.29, 0.717) is 79.9 Å². The van der Waals surface area contributed by atoms with Crippen LogP contribution in [0.4, 0.5) is 44.0 Å². The monoisotopic (exact) mass is 1380 g/mol. The highest BCUT2D eigenvalue weighted by molar-refractivity contribution is 9.10. The minimum atomic E-state index is -0.472. The van der Waals surface area contributed by atoms with Gasteiger partial charge in [-0.25, -0.2) is 19.6 Å². The third-order valence-corrected chi connectivity index (χ3v) is 20.4. The summed E-state index contributed by atoms with van der Waals surface area (Å²) in [7, 11) is 0. The summed E-state index contributed by atoms with van der Waals surface area (Å²) >= 11 is 3.50. The average molecular weight is 1380 g/mol. The normalized spacial score (nSPS) is 23.9. The van der Waals surface area contributed by atoms with E-state index in [9.17, 15) is 9.59 Å². The van der Waals surface area contributed by atoms with Crippen molar-refractivity contribution >= 4 is 62.5 Å². The predicted molar refractivity (Wildman–Crippen MR) is 385 cm³/mol. The third-order valence-electron chi connectivity index (χ3n) is 19.9. The van der Waals surface area contributed by atoms with Gasteiger partial charge in [-0.15, -0.1) is 32.7 Å². The molecule has 2 amide bonds. The second-order valence-electron chi connectivity index (χ2n) is 29.4. The fourth-order valence-electron chi connectivity index (χ4n) is 14.8. The van der Waals surface area contributed by atoms with Gasteiger partial charge >= 0.3 is 12.2 Å². The van der Waals surface area contributed by atoms with Crippen LogP contribution >= 0.6 is 15.9 Å². The second-order valence-corrected chi connectivity index (χ2v) is 30.2. The Morgan fingerprint density at radius 1 is 0.536 bits per heavy atom. The number of hydrogen-bond acceptors (Lipinski definition) is 18. The molecule has 4 aromatic heterocycles. The van der Waals surface area contributed by atoms with Crippen molar-refractivity contribution in [2.75, 3.05) is 83.4 Å². The number of anilines is 6. The summed E-state index contributed by atoms with van der Waals surface area (Å²) in [5.74, 6) is 11.3. The summed E-state index contributed by atoms with van der Waals surface area (Å²) < 4.78 is 24.1. The number of nitrogen functional groups attached to an aromatic ring is 2. The number of rotatable bonds is 10. The van der Waals surface area contributed by atoms with Gasteiger partial charge in [-0.2, -0.15) is 0 Å². The number of amides is 2. The summed E-state index contributed by atoms with van der Waals surface area (Å²) in [6.45, 7) is 22.0. The molecule has 4 atom stereocenters. The van der Waals surface area contributed by atoms with Crippen LogP contribution in [0.3, 0.4) is 0 Å². The van der Waals surface area contributed by atoms with Gasteiger partial charge in [0.1, 0.15) is 21.5 Å². The molecule has 2 saturated carbocycles. The fourth-order valence-corrected chi connectivity index (χ4v) is 15.2. The lowest BCUT2D eigenvalue weighted by Gasteiger charge is -2.43. The summed E-state index contributed by atoms with van der Waals surface area (Å²) in [6.07, 6.45) is 21.7. The summed E-state index contributed by atoms with van der Waals surface area (Å²) in [5.41, 5.74) is 23.2. The van der Waals surface area contributed by atoms with Crippen LogP contribution in [0.1, 0.15) is 135 Å². The van der Waals surface area contributed by atoms with Gasteiger partial charge in [0.05, 0.1) is 47.2 Å². The minimum absolute atomic E-state index is 0.193. The number of fused-ring (bicyclic) bond motifs is 4. The van der Waals surface area contributed by atoms with Crippen molar-refractivity contribution in [3.8, 4) is 46.7 Å². The Labute approximate surface area is 581 Å². The van der Waals surface area contributed by atoms with Gasteiger partial charge in [0.2, 0.25) is 0 Å². The Bertz CT molecular complexity index is 3830. The highest BCUT2D eigenvalue weighted by Crippen LogP contribution is 2.42. The molecule has 4 unspecified atom stereocenters. The second kappa shape index (κ2) is 29.9. The number of carbonyl (C=O) groups is 2. The van der Waals surface area contributed by atoms with Crippen molar-refractivity contribution in [3.63, 3.8) is 0 Å². The molecule has 6 aliphatic heterocycles. The van der Waals surface area contributed by atoms with E-state index in [1.165, 1.54) is 35.3 Å². The lowest BCUT2D eigenvalue weighted by Crippen LogP contribution is -2.54. The van der Waals surface area contributed by atoms with Crippen molar-refractivity contribution < 1.29 is 28.5 Å². The molecule has 2 aromatic carbocycles. The van der Waals surface area contributed by atoms with Crippen molar-refractivity contribution in [1.82, 2.24) is 40.2 Å². The van der Waals surface area contributed by atoms with Gasteiger partial charge in [0.15, 0.2) is 11.6 Å². The molecule has 512 valence electrons. The summed E-state index contributed by atoms with van der Waals surface area (Å²) in [4.78, 5) is 46.6. The zero-order chi connectivity index (χ0) is 68.1. The maximum Gasteiger partial charge on any atom is 0.410 e. The van der Waals surface area contributed by atoms with Crippen LogP contribution in [0.25, 0.3) is 22.5 Å². The Kier molecular flexibility index (Phi) is 21.1. The van der Waals surface area contributed by atoms with Crippen molar-refractivity contribution in [2.45, 2.75) is 192 Å². The average Bonchev–Trinajstić information content (AvgIpc) is 1.68. The van der Waals surface area contributed by atoms with Gasteiger partial charge < -0.3 is 59.8 Å². The number of piperidine rings is 2. The number of nitrogens with two attached hydrogens (primary N) is 2. The Balaban J connectivity index is 0.000000155. The zero-order valence-corrected chi connectivity index (χ0v) is 59.2. The standard InChI is InChI=1S/C38H47N7O3.C22H23BrN6.C16H25NO3/c1-25-7-5-6-8-33(25)34-22-35(36(39)42-41-34)44-23-29-11-12-30(24-44)45(29)28-13-16-40-27(21-28)10-9-26-19-32(20-26)47-31-14-17-43(18-15-31)37(46)48-38(2,3)4;1-14-4-2-3-5-18(14)19-11-20(22(24)27-26-19)28-12-16-6-7-17(13-28)29(16)15-8-9-25-21(23)10-15;1-5-12-10-14(11-12)19-13-6-8-17(9-7-13)15(18)20-16(2,3)4/h5-8,13,16,21-22,26,29-32H,11-12,14-15,17-20,23-24H2,1-4H3,(H2,39,42);2-5,8-11,16-17H,6-7,12-13H2,1H3,(H2,24,27);1,12-14H,6-11H2,2-4H3. The number of ether oxygens (including phenoxy) is 4. The van der Waals surface area contributed by atoms with E-state index in [-0.39, 0.29) is 30.5 Å². The van der Waals surface area contributed by atoms with Crippen LogP contribution in [0, 0.1) is 49.9 Å². The Morgan fingerprint density at radius 3 is 1.36 bits per heavy atom. The number of pyridine rings is 2. The highest BCUT2D eigenvalue weighted by atomic mass is 79.9. The Hall–Kier alpha value is -8.24. The molecular formula is C76H95BrN14O6. The van der Waals surface area contributed by atoms with Gasteiger partial charge in [-0.3, -0.25) is 0 Å². The molecule has 14 rings (SSSR count). The first-order valence-corrected chi connectivity index (χ1v) is 35.6. The first-order chi connectivity index (χ1) is 46.6. The number of benzene rings is 2. The maximum absolute atomic E-state index is 12.4. The number of halogens is 1. The van der Waals surface area contributed by atoms with E-state index in [1.807, 2.05) is 78.2 Å². The Morgan fingerprint density at radius 2 is 0.948 bits per heavy atom. The van der Waals surface area contributed by atoms with Crippen molar-refractivity contribution in [1.29, 1.82) is 0 Å². The number of piperazine rings is 2. The fraction of sp³-hybridized carbons (Fsp3) is 0.526. The molecule has 97 heavy (non-hydrogen) atoms. The number of terminal acetylenes is 1. The molecule has 0 spiro atoms. The quantitative estimate of drug-likeness (QED) is 0.0962. The number of aryl methyl sites for hydroxylation is 2. The minimum Gasteiger partial charge on any atom is -0.444 e. The van der Waals surface area contributed by atoms with E-state index in [1.54, 1.807) is 9.80 Å². The molecule has 4 N–H and O–H groups in total. The largest absolute Gasteiger partial charge is 0.444 e. The highest BCUT2D eigenvalue weighted by Gasteiger charge is 2.43. The molecule has 0 radical (unpaired) electrons. The van der Waals surface area contributed by atoms with Crippen LogP contribution in [0.15, 0.2) is 102 Å². The maximum atomic E-state index is 12.4. The number of aromatic nitrogens is 6. The number of carbonyl (C=O) groups excluding carboxylic acids is 2. The van der Waals surface area contributed by atoms with Crippen LogP contribution in [-0.2, 0) is 18.9 Å². The SMILES string of the molecule is C#CC1CC(OC2CCN(C(=O)OC(C)(C)C)CC2)C1.Cc1ccccc1-c1cc(N2CC3CCC(C2)N3c2ccnc(Br)c2)c(N)nn1.Cc1ccccc1-c1cc(N2CC3CCC(C2)N3c2ccnc(C#CC3CC(OC4CCN(C(=O)OC(C)(C)C)CC4)C3)c2)c(N)nn1. The topological polar surface area (TPSA) is 220 Å².